The summed E-state index contributed by atoms with van der Waals surface area (Å²) in [5.74, 6) is -3.10. The highest BCUT2D eigenvalue weighted by molar-refractivity contribution is 7.89. The number of alkyl halides is 2. The summed E-state index contributed by atoms with van der Waals surface area (Å²) < 4.78 is 55.5. The molecule has 1 amide bonds. The molecule has 1 fully saturated rings. The van der Waals surface area contributed by atoms with E-state index in [1.165, 1.54) is 22.5 Å². The molecule has 4 N–H and O–H groups in total. The van der Waals surface area contributed by atoms with Gasteiger partial charge in [0.25, 0.3) is 11.8 Å². The zero-order valence-corrected chi connectivity index (χ0v) is 24.9. The number of pyridine rings is 1. The summed E-state index contributed by atoms with van der Waals surface area (Å²) in [5, 5.41) is 6.07. The summed E-state index contributed by atoms with van der Waals surface area (Å²) in [4.78, 5) is 18.7. The summed E-state index contributed by atoms with van der Waals surface area (Å²) in [6.45, 7) is 3.97. The topological polar surface area (TPSA) is 121 Å². The van der Waals surface area contributed by atoms with Gasteiger partial charge in [-0.3, -0.25) is 4.79 Å². The first-order chi connectivity index (χ1) is 20.0. The molecular formula is C29H35ClF2N6O3S. The largest absolute Gasteiger partial charge is 0.354 e. The second kappa shape index (κ2) is 13.9. The Bertz CT molecular complexity index is 1460. The Hall–Kier alpha value is -3.16. The summed E-state index contributed by atoms with van der Waals surface area (Å²) in [5.41, 5.74) is 7.31. The number of amides is 1. The van der Waals surface area contributed by atoms with E-state index in [4.69, 9.17) is 17.3 Å². The fourth-order valence-electron chi connectivity index (χ4n) is 4.53. The van der Waals surface area contributed by atoms with Crippen LogP contribution in [0.5, 0.6) is 0 Å². The maximum atomic E-state index is 13.8. The van der Waals surface area contributed by atoms with Crippen molar-refractivity contribution >= 4 is 39.0 Å². The molecule has 42 heavy (non-hydrogen) atoms. The molecule has 4 rings (SSSR count). The summed E-state index contributed by atoms with van der Waals surface area (Å²) in [6, 6.07) is 15.7. The van der Waals surface area contributed by atoms with Crippen molar-refractivity contribution in [3.63, 3.8) is 0 Å². The van der Waals surface area contributed by atoms with E-state index in [9.17, 15) is 22.0 Å². The fraction of sp³-hybridized carbons (Fsp3) is 0.379. The van der Waals surface area contributed by atoms with Gasteiger partial charge in [0.1, 0.15) is 11.0 Å². The number of carbonyl (C=O) groups excluding carboxylic acids is 1. The van der Waals surface area contributed by atoms with Crippen LogP contribution in [0.4, 0.5) is 20.3 Å². The molecule has 0 unspecified atom stereocenters. The molecule has 0 spiro atoms. The van der Waals surface area contributed by atoms with Crippen molar-refractivity contribution in [1.29, 1.82) is 0 Å². The SMILES string of the molecule is CC(F)(F)c1cc(Cl)nc(N2CCN(S(=O)(=O)c3ccc(NC(=O)c4ccc(CCNCCCN)cc4)cc3)CC2)c1. The molecule has 226 valence electrons. The van der Waals surface area contributed by atoms with Gasteiger partial charge in [0.15, 0.2) is 0 Å². The number of hydrogen-bond acceptors (Lipinski definition) is 7. The van der Waals surface area contributed by atoms with Gasteiger partial charge in [-0.15, -0.1) is 0 Å². The van der Waals surface area contributed by atoms with Crippen molar-refractivity contribution in [2.75, 3.05) is 56.0 Å². The zero-order valence-electron chi connectivity index (χ0n) is 23.3. The molecule has 9 nitrogen and oxygen atoms in total. The number of nitrogens with one attached hydrogen (secondary N) is 2. The maximum Gasteiger partial charge on any atom is 0.270 e. The van der Waals surface area contributed by atoms with Crippen LogP contribution < -0.4 is 21.3 Å². The predicted molar refractivity (Wildman–Crippen MR) is 161 cm³/mol. The molecule has 0 radical (unpaired) electrons. The molecule has 0 atom stereocenters. The minimum Gasteiger partial charge on any atom is -0.354 e. The van der Waals surface area contributed by atoms with Crippen LogP contribution in [-0.4, -0.2) is 69.4 Å². The van der Waals surface area contributed by atoms with E-state index in [0.717, 1.165) is 44.5 Å². The van der Waals surface area contributed by atoms with Crippen molar-refractivity contribution in [3.8, 4) is 0 Å². The van der Waals surface area contributed by atoms with Crippen molar-refractivity contribution in [2.45, 2.75) is 30.6 Å². The Labute approximate surface area is 250 Å². The quantitative estimate of drug-likeness (QED) is 0.206. The van der Waals surface area contributed by atoms with Gasteiger partial charge in [0.2, 0.25) is 10.0 Å². The lowest BCUT2D eigenvalue weighted by molar-refractivity contribution is 0.0174. The average molecular weight is 621 g/mol. The second-order valence-electron chi connectivity index (χ2n) is 10.1. The number of halogens is 3. The van der Waals surface area contributed by atoms with E-state index in [1.807, 2.05) is 12.1 Å². The molecule has 1 aliphatic rings. The van der Waals surface area contributed by atoms with Crippen LogP contribution in [0.25, 0.3) is 0 Å². The minimum absolute atomic E-state index is 0.0504. The summed E-state index contributed by atoms with van der Waals surface area (Å²) in [7, 11) is -3.81. The van der Waals surface area contributed by atoms with Crippen LogP contribution in [0.1, 0.15) is 34.8 Å². The highest BCUT2D eigenvalue weighted by Gasteiger charge is 2.31. The lowest BCUT2D eigenvalue weighted by Crippen LogP contribution is -2.49. The molecule has 0 saturated carbocycles. The van der Waals surface area contributed by atoms with Gasteiger partial charge in [-0.2, -0.15) is 4.31 Å². The normalized spacial score (nSPS) is 14.6. The van der Waals surface area contributed by atoms with Crippen LogP contribution in [0, 0.1) is 0 Å². The van der Waals surface area contributed by atoms with Gasteiger partial charge < -0.3 is 21.3 Å². The van der Waals surface area contributed by atoms with Gasteiger partial charge in [-0.1, -0.05) is 23.7 Å². The van der Waals surface area contributed by atoms with Gasteiger partial charge >= 0.3 is 0 Å². The summed E-state index contributed by atoms with van der Waals surface area (Å²) >= 11 is 5.96. The summed E-state index contributed by atoms with van der Waals surface area (Å²) in [6.07, 6.45) is 1.77. The van der Waals surface area contributed by atoms with Crippen molar-refractivity contribution < 1.29 is 22.0 Å². The van der Waals surface area contributed by atoms with Crippen LogP contribution in [0.15, 0.2) is 65.6 Å². The molecule has 1 saturated heterocycles. The lowest BCUT2D eigenvalue weighted by atomic mass is 10.1. The Kier molecular flexibility index (Phi) is 10.5. The highest BCUT2D eigenvalue weighted by atomic mass is 35.5. The number of benzene rings is 2. The second-order valence-corrected chi connectivity index (χ2v) is 12.5. The third kappa shape index (κ3) is 8.23. The Balaban J connectivity index is 1.32. The molecule has 0 aliphatic carbocycles. The third-order valence-corrected chi connectivity index (χ3v) is 9.07. The number of aromatic nitrogens is 1. The van der Waals surface area contributed by atoms with Crippen LogP contribution >= 0.6 is 11.6 Å². The van der Waals surface area contributed by atoms with E-state index in [2.05, 4.69) is 15.6 Å². The van der Waals surface area contributed by atoms with Crippen molar-refractivity contribution in [2.24, 2.45) is 5.73 Å². The van der Waals surface area contributed by atoms with Crippen molar-refractivity contribution in [1.82, 2.24) is 14.6 Å². The predicted octanol–water partition coefficient (Wildman–Crippen LogP) is 4.09. The molecule has 3 aromatic rings. The zero-order chi connectivity index (χ0) is 30.3. The lowest BCUT2D eigenvalue weighted by Gasteiger charge is -2.35. The molecule has 1 aromatic heterocycles. The fourth-order valence-corrected chi connectivity index (χ4v) is 6.15. The van der Waals surface area contributed by atoms with E-state index in [0.29, 0.717) is 17.8 Å². The van der Waals surface area contributed by atoms with Crippen LogP contribution in [0.3, 0.4) is 0 Å². The Morgan fingerprint density at radius 3 is 2.31 bits per heavy atom. The van der Waals surface area contributed by atoms with Gasteiger partial charge in [0, 0.05) is 49.9 Å². The van der Waals surface area contributed by atoms with Gasteiger partial charge in [-0.05, 0) is 86.6 Å². The number of piperazine rings is 1. The number of anilines is 2. The van der Waals surface area contributed by atoms with E-state index in [1.54, 1.807) is 29.2 Å². The Morgan fingerprint density at radius 1 is 1.02 bits per heavy atom. The van der Waals surface area contributed by atoms with E-state index < -0.39 is 15.9 Å². The minimum atomic E-state index is -3.81. The number of hydrogen-bond donors (Lipinski definition) is 3. The van der Waals surface area contributed by atoms with Gasteiger partial charge in [-0.25, -0.2) is 22.2 Å². The van der Waals surface area contributed by atoms with E-state index in [-0.39, 0.29) is 53.5 Å². The smallest absolute Gasteiger partial charge is 0.270 e. The molecule has 0 bridgehead atoms. The maximum absolute atomic E-state index is 13.8. The van der Waals surface area contributed by atoms with Crippen molar-refractivity contribution in [3.05, 3.63) is 82.5 Å². The molecule has 13 heteroatoms. The van der Waals surface area contributed by atoms with Gasteiger partial charge in [0.05, 0.1) is 4.90 Å². The monoisotopic (exact) mass is 620 g/mol. The highest BCUT2D eigenvalue weighted by Crippen LogP contribution is 2.31. The first kappa shape index (κ1) is 31.8. The van der Waals surface area contributed by atoms with Crippen LogP contribution in [-0.2, 0) is 22.4 Å². The average Bonchev–Trinajstić information content (AvgIpc) is 2.97. The molecule has 2 heterocycles. The number of rotatable bonds is 12. The number of sulfonamides is 1. The third-order valence-electron chi connectivity index (χ3n) is 6.96. The number of carbonyl (C=O) groups is 1. The Morgan fingerprint density at radius 2 is 1.69 bits per heavy atom. The first-order valence-electron chi connectivity index (χ1n) is 13.7. The number of nitrogens with zero attached hydrogens (tertiary/aromatic N) is 3. The molecular weight excluding hydrogens is 586 g/mol. The standard InChI is InChI=1S/C29H35ClF2N6O3S/c1-29(31,32)23-19-26(30)36-27(20-23)37-15-17-38(18-16-37)42(40,41)25-9-7-24(8-10-25)35-28(39)22-5-3-21(4-6-22)11-14-34-13-2-12-33/h3-10,19-20,34H,2,11-18,33H2,1H3,(H,35,39). The number of nitrogens with two attached hydrogens (primary N) is 1. The van der Waals surface area contributed by atoms with Crippen LogP contribution in [0.2, 0.25) is 5.15 Å². The molecule has 2 aromatic carbocycles. The molecule has 1 aliphatic heterocycles. The van der Waals surface area contributed by atoms with E-state index >= 15 is 0 Å². The first-order valence-corrected chi connectivity index (χ1v) is 15.5.